The van der Waals surface area contributed by atoms with Crippen molar-refractivity contribution in [3.8, 4) is 11.5 Å². The maximum atomic E-state index is 11.6. The summed E-state index contributed by atoms with van der Waals surface area (Å²) in [6.07, 6.45) is 1.85. The SMILES string of the molecule is CCOC(=O)CCCCC(=O)Oc1ccc(OC)cc1. The summed E-state index contributed by atoms with van der Waals surface area (Å²) >= 11 is 0. The van der Waals surface area contributed by atoms with E-state index in [1.54, 1.807) is 38.3 Å². The molecule has 0 aliphatic rings. The Morgan fingerprint density at radius 1 is 0.950 bits per heavy atom. The lowest BCUT2D eigenvalue weighted by atomic mass is 10.2. The van der Waals surface area contributed by atoms with Gasteiger partial charge < -0.3 is 14.2 Å². The molecule has 5 heteroatoms. The molecule has 0 aliphatic heterocycles. The van der Waals surface area contributed by atoms with Crippen molar-refractivity contribution in [2.75, 3.05) is 13.7 Å². The highest BCUT2D eigenvalue weighted by Crippen LogP contribution is 2.17. The van der Waals surface area contributed by atoms with E-state index in [1.807, 2.05) is 0 Å². The van der Waals surface area contributed by atoms with E-state index >= 15 is 0 Å². The van der Waals surface area contributed by atoms with E-state index in [9.17, 15) is 9.59 Å². The lowest BCUT2D eigenvalue weighted by Gasteiger charge is -2.05. The quantitative estimate of drug-likeness (QED) is 0.416. The Morgan fingerprint density at radius 3 is 2.05 bits per heavy atom. The molecule has 0 N–H and O–H groups in total. The van der Waals surface area contributed by atoms with Crippen LogP contribution in [0.15, 0.2) is 24.3 Å². The highest BCUT2D eigenvalue weighted by Gasteiger charge is 2.07. The van der Waals surface area contributed by atoms with Crippen LogP contribution in [-0.4, -0.2) is 25.7 Å². The Bertz CT molecular complexity index is 424. The smallest absolute Gasteiger partial charge is 0.311 e. The summed E-state index contributed by atoms with van der Waals surface area (Å²) in [4.78, 5) is 22.7. The molecular formula is C15H20O5. The van der Waals surface area contributed by atoms with Gasteiger partial charge in [0, 0.05) is 12.8 Å². The Hall–Kier alpha value is -2.04. The number of carbonyl (C=O) groups excluding carboxylic acids is 2. The third-order valence-electron chi connectivity index (χ3n) is 2.61. The van der Waals surface area contributed by atoms with E-state index in [1.165, 1.54) is 0 Å². The molecule has 0 aromatic heterocycles. The van der Waals surface area contributed by atoms with Gasteiger partial charge in [-0.1, -0.05) is 0 Å². The average Bonchev–Trinajstić information content (AvgIpc) is 2.45. The van der Waals surface area contributed by atoms with Gasteiger partial charge in [-0.2, -0.15) is 0 Å². The van der Waals surface area contributed by atoms with Crippen LogP contribution in [0.5, 0.6) is 11.5 Å². The van der Waals surface area contributed by atoms with Gasteiger partial charge in [0.05, 0.1) is 13.7 Å². The van der Waals surface area contributed by atoms with Gasteiger partial charge in [0.25, 0.3) is 0 Å². The molecule has 20 heavy (non-hydrogen) atoms. The molecule has 0 unspecified atom stereocenters. The predicted octanol–water partition coefficient (Wildman–Crippen LogP) is 2.72. The first-order valence-corrected chi connectivity index (χ1v) is 6.66. The number of unbranched alkanes of at least 4 members (excludes halogenated alkanes) is 1. The molecule has 0 bridgehead atoms. The maximum Gasteiger partial charge on any atom is 0.311 e. The fourth-order valence-electron chi connectivity index (χ4n) is 1.60. The minimum absolute atomic E-state index is 0.226. The zero-order valence-corrected chi connectivity index (χ0v) is 11.9. The Morgan fingerprint density at radius 2 is 1.50 bits per heavy atom. The van der Waals surface area contributed by atoms with E-state index in [4.69, 9.17) is 14.2 Å². The Kier molecular flexibility index (Phi) is 7.17. The molecule has 0 saturated heterocycles. The lowest BCUT2D eigenvalue weighted by molar-refractivity contribution is -0.143. The molecule has 1 rings (SSSR count). The van der Waals surface area contributed by atoms with Crippen LogP contribution >= 0.6 is 0 Å². The summed E-state index contributed by atoms with van der Waals surface area (Å²) in [7, 11) is 1.57. The van der Waals surface area contributed by atoms with Crippen LogP contribution in [0.3, 0.4) is 0 Å². The van der Waals surface area contributed by atoms with Crippen LogP contribution < -0.4 is 9.47 Å². The predicted molar refractivity (Wildman–Crippen MR) is 73.7 cm³/mol. The molecule has 0 heterocycles. The number of esters is 2. The van der Waals surface area contributed by atoms with Gasteiger partial charge in [0.15, 0.2) is 0 Å². The Balaban J connectivity index is 2.21. The van der Waals surface area contributed by atoms with Gasteiger partial charge in [0.2, 0.25) is 0 Å². The molecule has 0 atom stereocenters. The largest absolute Gasteiger partial charge is 0.497 e. The molecule has 0 amide bonds. The van der Waals surface area contributed by atoms with Crippen LogP contribution in [0.1, 0.15) is 32.6 Å². The highest BCUT2D eigenvalue weighted by atomic mass is 16.5. The van der Waals surface area contributed by atoms with E-state index in [2.05, 4.69) is 0 Å². The van der Waals surface area contributed by atoms with Crippen LogP contribution in [0.25, 0.3) is 0 Å². The lowest BCUT2D eigenvalue weighted by Crippen LogP contribution is -2.08. The summed E-state index contributed by atoms with van der Waals surface area (Å²) in [5.41, 5.74) is 0. The summed E-state index contributed by atoms with van der Waals surface area (Å²) in [5, 5.41) is 0. The normalized spacial score (nSPS) is 9.90. The number of hydrogen-bond acceptors (Lipinski definition) is 5. The van der Waals surface area contributed by atoms with Crippen molar-refractivity contribution in [2.45, 2.75) is 32.6 Å². The van der Waals surface area contributed by atoms with Crippen molar-refractivity contribution < 1.29 is 23.8 Å². The molecule has 1 aromatic carbocycles. The number of ether oxygens (including phenoxy) is 3. The zero-order valence-electron chi connectivity index (χ0n) is 11.9. The minimum Gasteiger partial charge on any atom is -0.497 e. The third kappa shape index (κ3) is 6.22. The van der Waals surface area contributed by atoms with E-state index in [0.717, 1.165) is 0 Å². The summed E-state index contributed by atoms with van der Waals surface area (Å²) in [6, 6.07) is 6.80. The molecule has 110 valence electrons. The second-order valence-corrected chi connectivity index (χ2v) is 4.16. The number of carbonyl (C=O) groups is 2. The van der Waals surface area contributed by atoms with Crippen LogP contribution in [0.2, 0.25) is 0 Å². The topological polar surface area (TPSA) is 61.8 Å². The average molecular weight is 280 g/mol. The second-order valence-electron chi connectivity index (χ2n) is 4.16. The molecule has 0 radical (unpaired) electrons. The van der Waals surface area contributed by atoms with Crippen molar-refractivity contribution in [3.63, 3.8) is 0 Å². The molecule has 1 aromatic rings. The van der Waals surface area contributed by atoms with E-state index in [-0.39, 0.29) is 18.4 Å². The number of methoxy groups -OCH3 is 1. The van der Waals surface area contributed by atoms with E-state index < -0.39 is 0 Å². The third-order valence-corrected chi connectivity index (χ3v) is 2.61. The van der Waals surface area contributed by atoms with Crippen molar-refractivity contribution in [1.82, 2.24) is 0 Å². The van der Waals surface area contributed by atoms with Crippen LogP contribution in [0.4, 0.5) is 0 Å². The summed E-state index contributed by atoms with van der Waals surface area (Å²) < 4.78 is 15.0. The molecule has 0 fully saturated rings. The standard InChI is InChI=1S/C15H20O5/c1-3-19-14(16)6-4-5-7-15(17)20-13-10-8-12(18-2)9-11-13/h8-11H,3-7H2,1-2H3. The van der Waals surface area contributed by atoms with Crippen LogP contribution in [-0.2, 0) is 14.3 Å². The molecule has 0 saturated carbocycles. The van der Waals surface area contributed by atoms with E-state index in [0.29, 0.717) is 37.4 Å². The maximum absolute atomic E-state index is 11.6. The Labute approximate surface area is 118 Å². The monoisotopic (exact) mass is 280 g/mol. The van der Waals surface area contributed by atoms with Gasteiger partial charge in [-0.15, -0.1) is 0 Å². The molecule has 0 spiro atoms. The first-order valence-electron chi connectivity index (χ1n) is 6.66. The number of benzene rings is 1. The van der Waals surface area contributed by atoms with Crippen molar-refractivity contribution >= 4 is 11.9 Å². The number of hydrogen-bond donors (Lipinski definition) is 0. The molecule has 5 nitrogen and oxygen atoms in total. The molecule has 0 aliphatic carbocycles. The minimum atomic E-state index is -0.306. The fraction of sp³-hybridized carbons (Fsp3) is 0.467. The van der Waals surface area contributed by atoms with Gasteiger partial charge in [-0.25, -0.2) is 0 Å². The fourth-order valence-corrected chi connectivity index (χ4v) is 1.60. The van der Waals surface area contributed by atoms with Gasteiger partial charge in [-0.3, -0.25) is 9.59 Å². The van der Waals surface area contributed by atoms with Crippen molar-refractivity contribution in [2.24, 2.45) is 0 Å². The van der Waals surface area contributed by atoms with Crippen molar-refractivity contribution in [3.05, 3.63) is 24.3 Å². The van der Waals surface area contributed by atoms with Crippen LogP contribution in [0, 0.1) is 0 Å². The summed E-state index contributed by atoms with van der Waals surface area (Å²) in [5.74, 6) is 0.662. The number of rotatable bonds is 8. The first kappa shape index (κ1) is 16.0. The second kappa shape index (κ2) is 8.96. The van der Waals surface area contributed by atoms with Gasteiger partial charge in [-0.05, 0) is 44.0 Å². The van der Waals surface area contributed by atoms with Gasteiger partial charge >= 0.3 is 11.9 Å². The van der Waals surface area contributed by atoms with Gasteiger partial charge in [0.1, 0.15) is 11.5 Å². The first-order chi connectivity index (χ1) is 9.65. The highest BCUT2D eigenvalue weighted by molar-refractivity contribution is 5.72. The molecular weight excluding hydrogens is 260 g/mol. The zero-order chi connectivity index (χ0) is 14.8. The van der Waals surface area contributed by atoms with Crippen molar-refractivity contribution in [1.29, 1.82) is 0 Å². The summed E-state index contributed by atoms with van der Waals surface area (Å²) in [6.45, 7) is 2.16.